The molecule has 1 rings (SSSR count). The summed E-state index contributed by atoms with van der Waals surface area (Å²) in [6.45, 7) is 6.33. The van der Waals surface area contributed by atoms with E-state index in [1.165, 1.54) is 12.1 Å². The van der Waals surface area contributed by atoms with E-state index in [0.29, 0.717) is 13.0 Å². The van der Waals surface area contributed by atoms with Crippen molar-refractivity contribution in [2.45, 2.75) is 32.1 Å². The fourth-order valence-electron chi connectivity index (χ4n) is 1.56. The summed E-state index contributed by atoms with van der Waals surface area (Å²) in [5.41, 5.74) is 5.51. The molecule has 0 saturated carbocycles. The molecule has 0 fully saturated rings. The fourth-order valence-corrected chi connectivity index (χ4v) is 2.71. The normalized spacial score (nSPS) is 12.3. The number of benzene rings is 1. The van der Waals surface area contributed by atoms with Crippen molar-refractivity contribution in [1.82, 2.24) is 4.72 Å². The molecule has 0 radical (unpaired) electrons. The molecule has 0 heterocycles. The van der Waals surface area contributed by atoms with Gasteiger partial charge in [-0.15, -0.1) is 0 Å². The van der Waals surface area contributed by atoms with Gasteiger partial charge in [-0.25, -0.2) is 17.9 Å². The van der Waals surface area contributed by atoms with E-state index in [-0.39, 0.29) is 21.6 Å². The van der Waals surface area contributed by atoms with Gasteiger partial charge in [0.05, 0.1) is 11.3 Å². The van der Waals surface area contributed by atoms with Crippen LogP contribution in [0.4, 0.5) is 5.69 Å². The number of aromatic carboxylic acids is 1. The van der Waals surface area contributed by atoms with E-state index in [1.807, 2.05) is 20.8 Å². The minimum Gasteiger partial charge on any atom is -0.478 e. The van der Waals surface area contributed by atoms with Crippen molar-refractivity contribution in [2.24, 2.45) is 5.41 Å². The molecule has 20 heavy (non-hydrogen) atoms. The second kappa shape index (κ2) is 5.80. The van der Waals surface area contributed by atoms with Crippen LogP contribution in [0, 0.1) is 5.41 Å². The Morgan fingerprint density at radius 1 is 1.35 bits per heavy atom. The van der Waals surface area contributed by atoms with Crippen LogP contribution >= 0.6 is 0 Å². The number of nitrogen functional groups attached to an aromatic ring is 1. The van der Waals surface area contributed by atoms with Crippen LogP contribution in [0.5, 0.6) is 0 Å². The first-order valence-corrected chi connectivity index (χ1v) is 7.64. The third kappa shape index (κ3) is 4.50. The number of hydrogen-bond donors (Lipinski definition) is 3. The fraction of sp³-hybridized carbons (Fsp3) is 0.462. The van der Waals surface area contributed by atoms with E-state index >= 15 is 0 Å². The van der Waals surface area contributed by atoms with Gasteiger partial charge >= 0.3 is 5.97 Å². The number of carboxylic acids is 1. The van der Waals surface area contributed by atoms with Crippen LogP contribution in [0.2, 0.25) is 0 Å². The average Bonchev–Trinajstić information content (AvgIpc) is 2.26. The molecule has 0 spiro atoms. The number of anilines is 1. The lowest BCUT2D eigenvalue weighted by Crippen LogP contribution is -2.28. The Morgan fingerprint density at radius 2 is 1.95 bits per heavy atom. The Bertz CT molecular complexity index is 603. The van der Waals surface area contributed by atoms with Crippen molar-refractivity contribution in [1.29, 1.82) is 0 Å². The standard InChI is InChI=1S/C13H20N2O4S/c1-13(2,3)6-7-15-20(18,19)11-5-4-9(12(16)17)8-10(11)14/h4-5,8,15H,6-7,14H2,1-3H3,(H,16,17). The number of hydrogen-bond acceptors (Lipinski definition) is 4. The minimum absolute atomic E-state index is 0.0151. The van der Waals surface area contributed by atoms with Crippen LogP contribution in [-0.4, -0.2) is 26.0 Å². The summed E-state index contributed by atoms with van der Waals surface area (Å²) in [5.74, 6) is -1.15. The summed E-state index contributed by atoms with van der Waals surface area (Å²) in [4.78, 5) is 10.7. The lowest BCUT2D eigenvalue weighted by Gasteiger charge is -2.18. The van der Waals surface area contributed by atoms with Crippen LogP contribution in [0.25, 0.3) is 0 Å². The highest BCUT2D eigenvalue weighted by Crippen LogP contribution is 2.21. The van der Waals surface area contributed by atoms with Gasteiger partial charge < -0.3 is 10.8 Å². The Morgan fingerprint density at radius 3 is 2.40 bits per heavy atom. The van der Waals surface area contributed by atoms with Crippen LogP contribution in [0.1, 0.15) is 37.6 Å². The second-order valence-electron chi connectivity index (χ2n) is 5.77. The highest BCUT2D eigenvalue weighted by Gasteiger charge is 2.19. The van der Waals surface area contributed by atoms with Gasteiger partial charge in [-0.3, -0.25) is 0 Å². The SMILES string of the molecule is CC(C)(C)CCNS(=O)(=O)c1ccc(C(=O)O)cc1N. The monoisotopic (exact) mass is 300 g/mol. The van der Waals surface area contributed by atoms with E-state index in [4.69, 9.17) is 10.8 Å². The third-order valence-corrected chi connectivity index (χ3v) is 4.25. The molecular formula is C13H20N2O4S. The molecule has 0 bridgehead atoms. The quantitative estimate of drug-likeness (QED) is 0.717. The number of rotatable bonds is 5. The van der Waals surface area contributed by atoms with E-state index in [2.05, 4.69) is 4.72 Å². The van der Waals surface area contributed by atoms with Gasteiger partial charge in [-0.05, 0) is 30.0 Å². The molecular weight excluding hydrogens is 280 g/mol. The molecule has 0 aliphatic heterocycles. The van der Waals surface area contributed by atoms with Gasteiger partial charge in [0, 0.05) is 6.54 Å². The zero-order valence-corrected chi connectivity index (χ0v) is 12.6. The lowest BCUT2D eigenvalue weighted by atomic mass is 9.93. The van der Waals surface area contributed by atoms with Gasteiger partial charge in [0.2, 0.25) is 10.0 Å². The predicted octanol–water partition coefficient (Wildman–Crippen LogP) is 1.68. The summed E-state index contributed by atoms with van der Waals surface area (Å²) in [6, 6.07) is 3.57. The first-order chi connectivity index (χ1) is 9.03. The van der Waals surface area contributed by atoms with E-state index in [0.717, 1.165) is 6.07 Å². The van der Waals surface area contributed by atoms with Gasteiger partial charge in [0.1, 0.15) is 4.90 Å². The van der Waals surface area contributed by atoms with Crippen molar-refractivity contribution in [3.8, 4) is 0 Å². The predicted molar refractivity (Wildman–Crippen MR) is 77.1 cm³/mol. The van der Waals surface area contributed by atoms with E-state index < -0.39 is 16.0 Å². The van der Waals surface area contributed by atoms with Crippen molar-refractivity contribution >= 4 is 21.7 Å². The Labute approximate surface area is 119 Å². The van der Waals surface area contributed by atoms with E-state index in [1.54, 1.807) is 0 Å². The van der Waals surface area contributed by atoms with E-state index in [9.17, 15) is 13.2 Å². The first-order valence-electron chi connectivity index (χ1n) is 6.15. The van der Waals surface area contributed by atoms with Crippen LogP contribution < -0.4 is 10.5 Å². The summed E-state index contributed by atoms with van der Waals surface area (Å²) >= 11 is 0. The van der Waals surface area contributed by atoms with Gasteiger partial charge in [0.25, 0.3) is 0 Å². The molecule has 112 valence electrons. The van der Waals surface area contributed by atoms with Crippen molar-refractivity contribution in [3.05, 3.63) is 23.8 Å². The molecule has 7 heteroatoms. The molecule has 0 amide bonds. The Kier molecular flexibility index (Phi) is 4.77. The molecule has 0 aliphatic rings. The number of sulfonamides is 1. The summed E-state index contributed by atoms with van der Waals surface area (Å²) in [6.07, 6.45) is 0.680. The molecule has 1 aromatic rings. The van der Waals surface area contributed by atoms with Crippen molar-refractivity contribution in [3.63, 3.8) is 0 Å². The molecule has 6 nitrogen and oxygen atoms in total. The molecule has 1 aromatic carbocycles. The van der Waals surface area contributed by atoms with Crippen molar-refractivity contribution < 1.29 is 18.3 Å². The van der Waals surface area contributed by atoms with Crippen LogP contribution in [-0.2, 0) is 10.0 Å². The first kappa shape index (κ1) is 16.5. The largest absolute Gasteiger partial charge is 0.478 e. The average molecular weight is 300 g/mol. The smallest absolute Gasteiger partial charge is 0.335 e. The Hall–Kier alpha value is -1.60. The Balaban J connectivity index is 2.91. The molecule has 0 aliphatic carbocycles. The maximum Gasteiger partial charge on any atom is 0.335 e. The highest BCUT2D eigenvalue weighted by molar-refractivity contribution is 7.89. The van der Waals surface area contributed by atoms with Crippen LogP contribution in [0.3, 0.4) is 0 Å². The molecule has 4 N–H and O–H groups in total. The number of carbonyl (C=O) groups is 1. The van der Waals surface area contributed by atoms with Gasteiger partial charge in [-0.1, -0.05) is 20.8 Å². The molecule has 0 saturated heterocycles. The maximum absolute atomic E-state index is 12.1. The number of carboxylic acid groups (broad SMARTS) is 1. The van der Waals surface area contributed by atoms with Gasteiger partial charge in [-0.2, -0.15) is 0 Å². The summed E-state index contributed by atoms with van der Waals surface area (Å²) < 4.78 is 26.6. The molecule has 0 atom stereocenters. The number of nitrogens with two attached hydrogens (primary N) is 1. The second-order valence-corrected chi connectivity index (χ2v) is 7.50. The number of nitrogens with one attached hydrogen (secondary N) is 1. The van der Waals surface area contributed by atoms with Crippen molar-refractivity contribution in [2.75, 3.05) is 12.3 Å². The highest BCUT2D eigenvalue weighted by atomic mass is 32.2. The topological polar surface area (TPSA) is 109 Å². The lowest BCUT2D eigenvalue weighted by molar-refractivity contribution is 0.0697. The zero-order chi connectivity index (χ0) is 15.6. The van der Waals surface area contributed by atoms with Crippen LogP contribution in [0.15, 0.2) is 23.1 Å². The zero-order valence-electron chi connectivity index (χ0n) is 11.8. The minimum atomic E-state index is -3.72. The molecule has 0 aromatic heterocycles. The summed E-state index contributed by atoms with van der Waals surface area (Å²) in [5, 5.41) is 8.81. The maximum atomic E-state index is 12.1. The van der Waals surface area contributed by atoms with Gasteiger partial charge in [0.15, 0.2) is 0 Å². The molecule has 0 unspecified atom stereocenters. The summed E-state index contributed by atoms with van der Waals surface area (Å²) in [7, 11) is -3.72. The third-order valence-electron chi connectivity index (χ3n) is 2.71.